The second-order valence-electron chi connectivity index (χ2n) is 5.56. The van der Waals surface area contributed by atoms with Crippen molar-refractivity contribution in [2.24, 2.45) is 5.92 Å². The Labute approximate surface area is 120 Å². The molecule has 19 heavy (non-hydrogen) atoms. The van der Waals surface area contributed by atoms with Crippen molar-refractivity contribution in [3.63, 3.8) is 0 Å². The summed E-state index contributed by atoms with van der Waals surface area (Å²) in [6, 6.07) is 6.05. The Kier molecular flexibility index (Phi) is 5.17. The lowest BCUT2D eigenvalue weighted by Gasteiger charge is -2.27. The summed E-state index contributed by atoms with van der Waals surface area (Å²) >= 11 is 1.91. The van der Waals surface area contributed by atoms with Gasteiger partial charge in [-0.2, -0.15) is 0 Å². The molecule has 3 heteroatoms. The number of thioether (sulfide) groups is 1. The average Bonchev–Trinajstić information content (AvgIpc) is 2.38. The summed E-state index contributed by atoms with van der Waals surface area (Å²) < 4.78 is 5.38. The number of hydrogen-bond donors (Lipinski definition) is 1. The SMILES string of the molecule is COc1cccc(SC2CCCC(C)C2)c1[C@H](C)O. The smallest absolute Gasteiger partial charge is 0.125 e. The van der Waals surface area contributed by atoms with Crippen LogP contribution in [0.25, 0.3) is 0 Å². The molecule has 2 nitrogen and oxygen atoms in total. The quantitative estimate of drug-likeness (QED) is 0.885. The molecule has 3 atom stereocenters. The Morgan fingerprint density at radius 1 is 1.37 bits per heavy atom. The molecule has 1 N–H and O–H groups in total. The summed E-state index contributed by atoms with van der Waals surface area (Å²) in [6.07, 6.45) is 4.76. The first kappa shape index (κ1) is 14.7. The Bertz CT molecular complexity index is 417. The summed E-state index contributed by atoms with van der Waals surface area (Å²) in [4.78, 5) is 1.17. The molecule has 1 saturated carbocycles. The molecule has 1 fully saturated rings. The van der Waals surface area contributed by atoms with Gasteiger partial charge in [0.25, 0.3) is 0 Å². The molecule has 0 amide bonds. The van der Waals surface area contributed by atoms with Gasteiger partial charge in [0.15, 0.2) is 0 Å². The highest BCUT2D eigenvalue weighted by Crippen LogP contribution is 2.41. The third kappa shape index (κ3) is 3.67. The molecule has 1 aliphatic rings. The van der Waals surface area contributed by atoms with Gasteiger partial charge in [-0.3, -0.25) is 0 Å². The summed E-state index contributed by atoms with van der Waals surface area (Å²) in [5.74, 6) is 1.62. The molecule has 1 aliphatic carbocycles. The maximum atomic E-state index is 10.0. The zero-order chi connectivity index (χ0) is 13.8. The highest BCUT2D eigenvalue weighted by molar-refractivity contribution is 8.00. The van der Waals surface area contributed by atoms with E-state index in [0.717, 1.165) is 17.2 Å². The Hall–Kier alpha value is -0.670. The second-order valence-corrected chi connectivity index (χ2v) is 6.90. The fourth-order valence-corrected chi connectivity index (χ4v) is 4.51. The van der Waals surface area contributed by atoms with Gasteiger partial charge < -0.3 is 9.84 Å². The van der Waals surface area contributed by atoms with Gasteiger partial charge in [-0.05, 0) is 37.8 Å². The maximum Gasteiger partial charge on any atom is 0.125 e. The van der Waals surface area contributed by atoms with E-state index in [1.54, 1.807) is 7.11 Å². The minimum absolute atomic E-state index is 0.486. The number of benzene rings is 1. The van der Waals surface area contributed by atoms with E-state index in [0.29, 0.717) is 5.25 Å². The van der Waals surface area contributed by atoms with Crippen LogP contribution in [-0.4, -0.2) is 17.5 Å². The second kappa shape index (κ2) is 6.67. The Morgan fingerprint density at radius 2 is 2.16 bits per heavy atom. The van der Waals surface area contributed by atoms with E-state index in [1.807, 2.05) is 30.8 Å². The van der Waals surface area contributed by atoms with Crippen molar-refractivity contribution in [2.75, 3.05) is 7.11 Å². The van der Waals surface area contributed by atoms with Crippen molar-refractivity contribution in [1.82, 2.24) is 0 Å². The van der Waals surface area contributed by atoms with E-state index in [2.05, 4.69) is 13.0 Å². The zero-order valence-corrected chi connectivity index (χ0v) is 12.9. The van der Waals surface area contributed by atoms with Crippen LogP contribution in [0.15, 0.2) is 23.1 Å². The van der Waals surface area contributed by atoms with Gasteiger partial charge in [0.2, 0.25) is 0 Å². The minimum atomic E-state index is -0.486. The molecule has 0 heterocycles. The molecule has 0 spiro atoms. The number of methoxy groups -OCH3 is 1. The van der Waals surface area contributed by atoms with Crippen molar-refractivity contribution in [2.45, 2.75) is 55.8 Å². The van der Waals surface area contributed by atoms with Crippen molar-refractivity contribution < 1.29 is 9.84 Å². The van der Waals surface area contributed by atoms with Crippen LogP contribution in [0.4, 0.5) is 0 Å². The van der Waals surface area contributed by atoms with Crippen LogP contribution in [0.3, 0.4) is 0 Å². The largest absolute Gasteiger partial charge is 0.496 e. The minimum Gasteiger partial charge on any atom is -0.496 e. The first-order valence-corrected chi connectivity index (χ1v) is 8.01. The van der Waals surface area contributed by atoms with Crippen molar-refractivity contribution in [3.8, 4) is 5.75 Å². The topological polar surface area (TPSA) is 29.5 Å². The number of aliphatic hydroxyl groups is 1. The summed E-state index contributed by atoms with van der Waals surface area (Å²) in [6.45, 7) is 4.15. The lowest BCUT2D eigenvalue weighted by molar-refractivity contribution is 0.191. The Morgan fingerprint density at radius 3 is 2.79 bits per heavy atom. The lowest BCUT2D eigenvalue weighted by Crippen LogP contribution is -2.15. The van der Waals surface area contributed by atoms with E-state index in [4.69, 9.17) is 4.74 Å². The predicted molar refractivity (Wildman–Crippen MR) is 80.9 cm³/mol. The third-order valence-corrected chi connectivity index (χ3v) is 5.22. The molecular formula is C16H24O2S. The number of rotatable bonds is 4. The molecule has 1 aromatic rings. The third-order valence-electron chi connectivity index (χ3n) is 3.85. The van der Waals surface area contributed by atoms with E-state index in [-0.39, 0.29) is 0 Å². The van der Waals surface area contributed by atoms with Crippen LogP contribution >= 0.6 is 11.8 Å². The van der Waals surface area contributed by atoms with Crippen molar-refractivity contribution >= 4 is 11.8 Å². The zero-order valence-electron chi connectivity index (χ0n) is 12.1. The highest BCUT2D eigenvalue weighted by atomic mass is 32.2. The summed E-state index contributed by atoms with van der Waals surface area (Å²) in [7, 11) is 1.67. The Balaban J connectivity index is 2.19. The normalized spacial score (nSPS) is 25.1. The van der Waals surface area contributed by atoms with Crippen molar-refractivity contribution in [3.05, 3.63) is 23.8 Å². The van der Waals surface area contributed by atoms with Crippen LogP contribution < -0.4 is 4.74 Å². The number of aliphatic hydroxyl groups excluding tert-OH is 1. The number of ether oxygens (including phenoxy) is 1. The van der Waals surface area contributed by atoms with Crippen molar-refractivity contribution in [1.29, 1.82) is 0 Å². The van der Waals surface area contributed by atoms with Crippen LogP contribution in [0.1, 0.15) is 51.2 Å². The van der Waals surface area contributed by atoms with Gasteiger partial charge in [0.05, 0.1) is 13.2 Å². The van der Waals surface area contributed by atoms with Gasteiger partial charge in [0.1, 0.15) is 5.75 Å². The summed E-state index contributed by atoms with van der Waals surface area (Å²) in [5.41, 5.74) is 0.938. The lowest BCUT2D eigenvalue weighted by atomic mass is 9.91. The maximum absolute atomic E-state index is 10.0. The molecule has 0 bridgehead atoms. The molecular weight excluding hydrogens is 256 g/mol. The van der Waals surface area contributed by atoms with Gasteiger partial charge >= 0.3 is 0 Å². The van der Waals surface area contributed by atoms with E-state index >= 15 is 0 Å². The van der Waals surface area contributed by atoms with E-state index < -0.39 is 6.10 Å². The standard InChI is InChI=1S/C16H24O2S/c1-11-6-4-7-13(10-11)19-15-9-5-8-14(18-3)16(15)12(2)17/h5,8-9,11-13,17H,4,6-7,10H2,1-3H3/t11?,12-,13?/m0/s1. The van der Waals surface area contributed by atoms with Gasteiger partial charge in [-0.1, -0.05) is 25.8 Å². The van der Waals surface area contributed by atoms with Gasteiger partial charge in [0, 0.05) is 15.7 Å². The molecule has 0 radical (unpaired) electrons. The predicted octanol–water partition coefficient (Wildman–Crippen LogP) is 4.42. The van der Waals surface area contributed by atoms with Crippen LogP contribution in [-0.2, 0) is 0 Å². The fourth-order valence-electron chi connectivity index (χ4n) is 2.88. The molecule has 0 saturated heterocycles. The molecule has 0 aromatic heterocycles. The number of hydrogen-bond acceptors (Lipinski definition) is 3. The first-order valence-electron chi connectivity index (χ1n) is 7.13. The fraction of sp³-hybridized carbons (Fsp3) is 0.625. The first-order chi connectivity index (χ1) is 9.11. The molecule has 106 valence electrons. The molecule has 2 rings (SSSR count). The average molecular weight is 280 g/mol. The van der Waals surface area contributed by atoms with Crippen LogP contribution in [0.2, 0.25) is 0 Å². The van der Waals surface area contributed by atoms with Crippen LogP contribution in [0, 0.1) is 5.92 Å². The highest BCUT2D eigenvalue weighted by Gasteiger charge is 2.22. The van der Waals surface area contributed by atoms with E-state index in [1.165, 1.54) is 30.6 Å². The summed E-state index contributed by atoms with van der Waals surface area (Å²) in [5, 5.41) is 10.7. The molecule has 2 unspecified atom stereocenters. The van der Waals surface area contributed by atoms with E-state index in [9.17, 15) is 5.11 Å². The van der Waals surface area contributed by atoms with Gasteiger partial charge in [-0.15, -0.1) is 11.8 Å². The van der Waals surface area contributed by atoms with Crippen LogP contribution in [0.5, 0.6) is 5.75 Å². The van der Waals surface area contributed by atoms with Gasteiger partial charge in [-0.25, -0.2) is 0 Å². The molecule has 1 aromatic carbocycles. The molecule has 0 aliphatic heterocycles. The monoisotopic (exact) mass is 280 g/mol.